The van der Waals surface area contributed by atoms with Gasteiger partial charge in [-0.25, -0.2) is 4.98 Å². The molecule has 0 N–H and O–H groups in total. The van der Waals surface area contributed by atoms with Crippen molar-refractivity contribution in [2.45, 2.75) is 25.0 Å². The summed E-state index contributed by atoms with van der Waals surface area (Å²) in [7, 11) is 0. The van der Waals surface area contributed by atoms with Crippen LogP contribution >= 0.6 is 24.0 Å². The van der Waals surface area contributed by atoms with Gasteiger partial charge in [0.2, 0.25) is 5.91 Å². The molecule has 7 heteroatoms. The van der Waals surface area contributed by atoms with E-state index in [1.165, 1.54) is 11.3 Å². The van der Waals surface area contributed by atoms with Crippen LogP contribution in [0.25, 0.3) is 0 Å². The molecule has 1 aliphatic heterocycles. The molecule has 98 valence electrons. The van der Waals surface area contributed by atoms with Crippen LogP contribution in [0.1, 0.15) is 19.0 Å². The lowest BCUT2D eigenvalue weighted by Gasteiger charge is -2.10. The second-order valence-electron chi connectivity index (χ2n) is 3.97. The van der Waals surface area contributed by atoms with Crippen LogP contribution in [-0.2, 0) is 20.7 Å². The summed E-state index contributed by atoms with van der Waals surface area (Å²) in [5.41, 5.74) is 0.642. The fourth-order valence-corrected chi connectivity index (χ4v) is 2.91. The van der Waals surface area contributed by atoms with Crippen molar-refractivity contribution in [1.29, 1.82) is 0 Å². The van der Waals surface area contributed by atoms with Gasteiger partial charge in [-0.2, -0.15) is 12.6 Å². The lowest BCUT2D eigenvalue weighted by molar-refractivity contribution is -0.142. The molecule has 0 aliphatic carbocycles. The van der Waals surface area contributed by atoms with Gasteiger partial charge < -0.3 is 4.74 Å². The van der Waals surface area contributed by atoms with Gasteiger partial charge in [-0.3, -0.25) is 14.5 Å². The Morgan fingerprint density at radius 3 is 3.11 bits per heavy atom. The third-order valence-electron chi connectivity index (χ3n) is 2.51. The number of rotatable bonds is 4. The standard InChI is InChI=1S/C11H14N2O3S2/c1-2-16-10(15)3-7-6-18-11(12-7)13-5-8(17)4-9(13)14/h6,8,17H,2-5H2,1H3. The third-order valence-corrected chi connectivity index (χ3v) is 3.76. The second-order valence-corrected chi connectivity index (χ2v) is 5.53. The molecule has 1 aromatic heterocycles. The maximum Gasteiger partial charge on any atom is 0.311 e. The van der Waals surface area contributed by atoms with E-state index in [-0.39, 0.29) is 23.5 Å². The monoisotopic (exact) mass is 286 g/mol. The van der Waals surface area contributed by atoms with Crippen LogP contribution in [0, 0.1) is 0 Å². The second kappa shape index (κ2) is 5.71. The first-order valence-corrected chi connectivity index (χ1v) is 7.08. The Labute approximate surface area is 115 Å². The molecule has 0 saturated carbocycles. The molecule has 1 amide bonds. The van der Waals surface area contributed by atoms with E-state index in [1.807, 2.05) is 0 Å². The number of carbonyl (C=O) groups excluding carboxylic acids is 2. The van der Waals surface area contributed by atoms with Crippen molar-refractivity contribution in [2.75, 3.05) is 18.1 Å². The summed E-state index contributed by atoms with van der Waals surface area (Å²) in [4.78, 5) is 28.9. The van der Waals surface area contributed by atoms with Gasteiger partial charge in [0.25, 0.3) is 0 Å². The number of nitrogens with zero attached hydrogens (tertiary/aromatic N) is 2. The zero-order valence-corrected chi connectivity index (χ0v) is 11.7. The van der Waals surface area contributed by atoms with E-state index in [4.69, 9.17) is 4.74 Å². The van der Waals surface area contributed by atoms with E-state index < -0.39 is 0 Å². The predicted octanol–water partition coefficient (Wildman–Crippen LogP) is 1.28. The molecule has 1 unspecified atom stereocenters. The Morgan fingerprint density at radius 1 is 1.72 bits per heavy atom. The summed E-state index contributed by atoms with van der Waals surface area (Å²) in [5.74, 6) is -0.263. The molecule has 0 radical (unpaired) electrons. The average molecular weight is 286 g/mol. The summed E-state index contributed by atoms with van der Waals surface area (Å²) in [6.07, 6.45) is 0.590. The first-order chi connectivity index (χ1) is 8.60. The third kappa shape index (κ3) is 3.02. The maximum atomic E-state index is 11.7. The van der Waals surface area contributed by atoms with Gasteiger partial charge in [0.1, 0.15) is 0 Å². The minimum atomic E-state index is -0.297. The zero-order valence-electron chi connectivity index (χ0n) is 9.96. The Morgan fingerprint density at radius 2 is 2.50 bits per heavy atom. The minimum Gasteiger partial charge on any atom is -0.466 e. The number of hydrogen-bond acceptors (Lipinski definition) is 6. The molecular weight excluding hydrogens is 272 g/mol. The van der Waals surface area contributed by atoms with Crippen molar-refractivity contribution in [3.8, 4) is 0 Å². The first-order valence-electron chi connectivity index (χ1n) is 5.68. The van der Waals surface area contributed by atoms with Crippen molar-refractivity contribution in [3.63, 3.8) is 0 Å². The van der Waals surface area contributed by atoms with Gasteiger partial charge in [-0.15, -0.1) is 11.3 Å². The van der Waals surface area contributed by atoms with Crippen molar-refractivity contribution in [3.05, 3.63) is 11.1 Å². The molecular formula is C11H14N2O3S2. The fraction of sp³-hybridized carbons (Fsp3) is 0.545. The Balaban J connectivity index is 2.02. The summed E-state index contributed by atoms with van der Waals surface area (Å²) in [6, 6.07) is 0. The number of carbonyl (C=O) groups is 2. The minimum absolute atomic E-state index is 0.0343. The highest BCUT2D eigenvalue weighted by Crippen LogP contribution is 2.27. The van der Waals surface area contributed by atoms with Crippen LogP contribution < -0.4 is 4.90 Å². The predicted molar refractivity (Wildman–Crippen MR) is 72.2 cm³/mol. The smallest absolute Gasteiger partial charge is 0.311 e. The number of ether oxygens (including phenoxy) is 1. The molecule has 1 aromatic rings. The Bertz CT molecular complexity index is 461. The van der Waals surface area contributed by atoms with Gasteiger partial charge in [0.05, 0.1) is 18.7 Å². The van der Waals surface area contributed by atoms with Crippen LogP contribution in [0.5, 0.6) is 0 Å². The number of hydrogen-bond donors (Lipinski definition) is 1. The maximum absolute atomic E-state index is 11.7. The Kier molecular flexibility index (Phi) is 4.23. The molecule has 0 spiro atoms. The molecule has 0 bridgehead atoms. The fourth-order valence-electron chi connectivity index (χ4n) is 1.73. The summed E-state index contributed by atoms with van der Waals surface area (Å²) < 4.78 is 4.85. The highest BCUT2D eigenvalue weighted by Gasteiger charge is 2.30. The summed E-state index contributed by atoms with van der Waals surface area (Å²) in [6.45, 7) is 2.70. The molecule has 2 heterocycles. The molecule has 1 fully saturated rings. The van der Waals surface area contributed by atoms with Crippen molar-refractivity contribution in [1.82, 2.24) is 4.98 Å². The molecule has 1 saturated heterocycles. The van der Waals surface area contributed by atoms with E-state index in [2.05, 4.69) is 17.6 Å². The summed E-state index contributed by atoms with van der Waals surface area (Å²) >= 11 is 5.66. The van der Waals surface area contributed by atoms with E-state index in [1.54, 1.807) is 17.2 Å². The van der Waals surface area contributed by atoms with E-state index in [9.17, 15) is 9.59 Å². The van der Waals surface area contributed by atoms with E-state index in [0.717, 1.165) is 0 Å². The normalized spacial score (nSPS) is 19.3. The van der Waals surface area contributed by atoms with E-state index in [0.29, 0.717) is 30.4 Å². The number of thiol groups is 1. The van der Waals surface area contributed by atoms with Crippen molar-refractivity contribution in [2.24, 2.45) is 0 Å². The van der Waals surface area contributed by atoms with Gasteiger partial charge in [0, 0.05) is 23.6 Å². The van der Waals surface area contributed by atoms with Gasteiger partial charge in [0.15, 0.2) is 5.13 Å². The van der Waals surface area contributed by atoms with Crippen molar-refractivity contribution >= 4 is 41.0 Å². The quantitative estimate of drug-likeness (QED) is 0.669. The number of esters is 1. The van der Waals surface area contributed by atoms with Crippen LogP contribution in [0.15, 0.2) is 5.38 Å². The largest absolute Gasteiger partial charge is 0.466 e. The lowest BCUT2D eigenvalue weighted by atomic mass is 10.3. The average Bonchev–Trinajstić information content (AvgIpc) is 2.85. The Hall–Kier alpha value is -1.08. The molecule has 1 atom stereocenters. The number of amides is 1. The highest BCUT2D eigenvalue weighted by molar-refractivity contribution is 7.81. The van der Waals surface area contributed by atoms with Crippen LogP contribution in [0.3, 0.4) is 0 Å². The topological polar surface area (TPSA) is 59.5 Å². The molecule has 0 aromatic carbocycles. The zero-order chi connectivity index (χ0) is 13.1. The number of aromatic nitrogens is 1. The number of anilines is 1. The SMILES string of the molecule is CCOC(=O)Cc1csc(N2CC(S)CC2=O)n1. The van der Waals surface area contributed by atoms with Gasteiger partial charge in [-0.05, 0) is 6.92 Å². The molecule has 2 rings (SSSR count). The first kappa shape index (κ1) is 13.4. The van der Waals surface area contributed by atoms with Crippen molar-refractivity contribution < 1.29 is 14.3 Å². The van der Waals surface area contributed by atoms with Crippen LogP contribution in [0.2, 0.25) is 0 Å². The molecule has 5 nitrogen and oxygen atoms in total. The van der Waals surface area contributed by atoms with Gasteiger partial charge >= 0.3 is 5.97 Å². The summed E-state index contributed by atoms with van der Waals surface area (Å²) in [5, 5.41) is 2.48. The van der Waals surface area contributed by atoms with E-state index >= 15 is 0 Å². The number of thiazole rings is 1. The molecule has 18 heavy (non-hydrogen) atoms. The van der Waals surface area contributed by atoms with Gasteiger partial charge in [-0.1, -0.05) is 0 Å². The van der Waals surface area contributed by atoms with Crippen LogP contribution in [-0.4, -0.2) is 35.3 Å². The highest BCUT2D eigenvalue weighted by atomic mass is 32.1. The molecule has 1 aliphatic rings. The van der Waals surface area contributed by atoms with Crippen LogP contribution in [0.4, 0.5) is 5.13 Å². The lowest BCUT2D eigenvalue weighted by Crippen LogP contribution is -2.24.